The Balaban J connectivity index is 2.18. The van der Waals surface area contributed by atoms with Crippen LogP contribution in [0.15, 0.2) is 24.3 Å². The van der Waals surface area contributed by atoms with Crippen LogP contribution in [0.25, 0.3) is 10.9 Å². The van der Waals surface area contributed by atoms with E-state index >= 15 is 0 Å². The molecule has 0 spiro atoms. The number of nitrogens with one attached hydrogen (secondary N) is 2. The standard InChI is InChI=1S/C14H18N2O/c1-10-13(14(17)7-4-8-15-9-14)11-5-2-3-6-12(11)16-10/h2-3,5-6,15-17H,4,7-9H2,1H3. The normalized spacial score (nSPS) is 25.3. The Morgan fingerprint density at radius 3 is 2.88 bits per heavy atom. The summed E-state index contributed by atoms with van der Waals surface area (Å²) in [5.74, 6) is 0. The largest absolute Gasteiger partial charge is 0.384 e. The molecule has 3 N–H and O–H groups in total. The van der Waals surface area contributed by atoms with Crippen LogP contribution in [-0.2, 0) is 5.60 Å². The van der Waals surface area contributed by atoms with Gasteiger partial charge in [-0.3, -0.25) is 0 Å². The summed E-state index contributed by atoms with van der Waals surface area (Å²) in [4.78, 5) is 3.36. The van der Waals surface area contributed by atoms with E-state index in [4.69, 9.17) is 0 Å². The molecule has 1 unspecified atom stereocenters. The number of β-amino-alcohol motifs (C(OH)–C–C–N with tert-alkyl or cyclic N) is 1. The molecular formula is C14H18N2O. The predicted octanol–water partition coefficient (Wildman–Crippen LogP) is 2.05. The Kier molecular flexibility index (Phi) is 2.45. The maximum atomic E-state index is 10.8. The van der Waals surface area contributed by atoms with Gasteiger partial charge in [0.05, 0.1) is 0 Å². The van der Waals surface area contributed by atoms with Crippen LogP contribution in [0.2, 0.25) is 0 Å². The number of hydrogen-bond donors (Lipinski definition) is 3. The number of aromatic nitrogens is 1. The summed E-state index contributed by atoms with van der Waals surface area (Å²) in [5, 5.41) is 15.3. The van der Waals surface area contributed by atoms with E-state index in [9.17, 15) is 5.11 Å². The van der Waals surface area contributed by atoms with E-state index < -0.39 is 5.60 Å². The average Bonchev–Trinajstić information content (AvgIpc) is 2.66. The van der Waals surface area contributed by atoms with E-state index in [-0.39, 0.29) is 0 Å². The van der Waals surface area contributed by atoms with Gasteiger partial charge in [-0.05, 0) is 32.4 Å². The lowest BCUT2D eigenvalue weighted by atomic mass is 9.85. The summed E-state index contributed by atoms with van der Waals surface area (Å²) < 4.78 is 0. The molecule has 1 aliphatic rings. The van der Waals surface area contributed by atoms with Gasteiger partial charge in [-0.25, -0.2) is 0 Å². The van der Waals surface area contributed by atoms with Gasteiger partial charge in [0.15, 0.2) is 0 Å². The second-order valence-corrected chi connectivity index (χ2v) is 4.98. The minimum Gasteiger partial charge on any atom is -0.384 e. The molecule has 17 heavy (non-hydrogen) atoms. The molecule has 1 aromatic heterocycles. The molecule has 1 aliphatic heterocycles. The van der Waals surface area contributed by atoms with E-state index in [0.717, 1.165) is 41.5 Å². The molecule has 3 nitrogen and oxygen atoms in total. The van der Waals surface area contributed by atoms with Crippen molar-refractivity contribution in [3.63, 3.8) is 0 Å². The van der Waals surface area contributed by atoms with Crippen molar-refractivity contribution in [2.75, 3.05) is 13.1 Å². The third kappa shape index (κ3) is 1.66. The first-order valence-electron chi connectivity index (χ1n) is 6.22. The molecule has 2 heterocycles. The fraction of sp³-hybridized carbons (Fsp3) is 0.429. The van der Waals surface area contributed by atoms with Gasteiger partial charge in [0, 0.05) is 28.7 Å². The number of hydrogen-bond acceptors (Lipinski definition) is 2. The highest BCUT2D eigenvalue weighted by Crippen LogP contribution is 2.35. The first-order chi connectivity index (χ1) is 8.21. The molecule has 3 heteroatoms. The van der Waals surface area contributed by atoms with Gasteiger partial charge in [0.1, 0.15) is 5.60 Å². The smallest absolute Gasteiger partial charge is 0.104 e. The highest BCUT2D eigenvalue weighted by atomic mass is 16.3. The Labute approximate surface area is 101 Å². The van der Waals surface area contributed by atoms with Gasteiger partial charge in [0.2, 0.25) is 0 Å². The van der Waals surface area contributed by atoms with E-state index in [2.05, 4.69) is 22.4 Å². The topological polar surface area (TPSA) is 48.0 Å². The second-order valence-electron chi connectivity index (χ2n) is 4.98. The van der Waals surface area contributed by atoms with Crippen molar-refractivity contribution in [3.8, 4) is 0 Å². The summed E-state index contributed by atoms with van der Waals surface area (Å²) in [5.41, 5.74) is 2.54. The van der Waals surface area contributed by atoms with Gasteiger partial charge in [-0.1, -0.05) is 18.2 Å². The number of rotatable bonds is 1. The quantitative estimate of drug-likeness (QED) is 0.702. The number of piperidine rings is 1. The monoisotopic (exact) mass is 230 g/mol. The van der Waals surface area contributed by atoms with Crippen LogP contribution in [-0.4, -0.2) is 23.2 Å². The molecule has 3 rings (SSSR count). The molecule has 0 aliphatic carbocycles. The predicted molar refractivity (Wildman–Crippen MR) is 69.0 cm³/mol. The van der Waals surface area contributed by atoms with Crippen LogP contribution < -0.4 is 5.32 Å². The molecule has 0 saturated carbocycles. The highest BCUT2D eigenvalue weighted by molar-refractivity contribution is 5.85. The zero-order chi connectivity index (χ0) is 11.9. The minimum absolute atomic E-state index is 0.648. The van der Waals surface area contributed by atoms with Crippen molar-refractivity contribution in [1.82, 2.24) is 10.3 Å². The SMILES string of the molecule is Cc1[nH]c2ccccc2c1C1(O)CCCNC1. The molecule has 90 valence electrons. The molecular weight excluding hydrogens is 212 g/mol. The molecule has 1 saturated heterocycles. The maximum absolute atomic E-state index is 10.8. The number of aliphatic hydroxyl groups is 1. The molecule has 1 atom stereocenters. The zero-order valence-electron chi connectivity index (χ0n) is 10.1. The molecule has 0 radical (unpaired) electrons. The van der Waals surface area contributed by atoms with Gasteiger partial charge in [-0.2, -0.15) is 0 Å². The van der Waals surface area contributed by atoms with Crippen LogP contribution >= 0.6 is 0 Å². The Hall–Kier alpha value is -1.32. The molecule has 2 aromatic rings. The third-order valence-electron chi connectivity index (χ3n) is 3.72. The molecule has 0 bridgehead atoms. The number of para-hydroxylation sites is 1. The number of H-pyrrole nitrogens is 1. The maximum Gasteiger partial charge on any atom is 0.104 e. The third-order valence-corrected chi connectivity index (χ3v) is 3.72. The molecule has 1 fully saturated rings. The molecule has 1 aromatic carbocycles. The minimum atomic E-state index is -0.720. The van der Waals surface area contributed by atoms with Crippen molar-refractivity contribution in [1.29, 1.82) is 0 Å². The summed E-state index contributed by atoms with van der Waals surface area (Å²) >= 11 is 0. The second kappa shape index (κ2) is 3.86. The van der Waals surface area contributed by atoms with Crippen LogP contribution in [0.3, 0.4) is 0 Å². The van der Waals surface area contributed by atoms with E-state index in [0.29, 0.717) is 6.54 Å². The van der Waals surface area contributed by atoms with E-state index in [1.807, 2.05) is 19.1 Å². The van der Waals surface area contributed by atoms with Crippen molar-refractivity contribution in [2.45, 2.75) is 25.4 Å². The van der Waals surface area contributed by atoms with Crippen LogP contribution in [0.1, 0.15) is 24.1 Å². The van der Waals surface area contributed by atoms with Gasteiger partial charge < -0.3 is 15.4 Å². The van der Waals surface area contributed by atoms with Crippen LogP contribution in [0.5, 0.6) is 0 Å². The van der Waals surface area contributed by atoms with E-state index in [1.54, 1.807) is 0 Å². The lowest BCUT2D eigenvalue weighted by Gasteiger charge is -2.33. The summed E-state index contributed by atoms with van der Waals surface area (Å²) in [6.07, 6.45) is 1.86. The number of fused-ring (bicyclic) bond motifs is 1. The lowest BCUT2D eigenvalue weighted by molar-refractivity contribution is 0.0131. The van der Waals surface area contributed by atoms with Crippen molar-refractivity contribution < 1.29 is 5.11 Å². The average molecular weight is 230 g/mol. The van der Waals surface area contributed by atoms with Gasteiger partial charge in [-0.15, -0.1) is 0 Å². The lowest BCUT2D eigenvalue weighted by Crippen LogP contribution is -2.43. The van der Waals surface area contributed by atoms with Crippen molar-refractivity contribution in [3.05, 3.63) is 35.5 Å². The van der Waals surface area contributed by atoms with Crippen molar-refractivity contribution in [2.24, 2.45) is 0 Å². The number of aromatic amines is 1. The first kappa shape index (κ1) is 10.8. The summed E-state index contributed by atoms with van der Waals surface area (Å²) in [6, 6.07) is 8.19. The first-order valence-corrected chi connectivity index (χ1v) is 6.22. The Morgan fingerprint density at radius 1 is 1.29 bits per heavy atom. The van der Waals surface area contributed by atoms with Gasteiger partial charge >= 0.3 is 0 Å². The molecule has 0 amide bonds. The summed E-state index contributed by atoms with van der Waals surface area (Å²) in [6.45, 7) is 3.70. The fourth-order valence-electron chi connectivity index (χ4n) is 2.98. The van der Waals surface area contributed by atoms with Crippen molar-refractivity contribution >= 4 is 10.9 Å². The van der Waals surface area contributed by atoms with Crippen LogP contribution in [0, 0.1) is 6.92 Å². The number of benzene rings is 1. The Morgan fingerprint density at radius 2 is 2.12 bits per heavy atom. The summed E-state index contributed by atoms with van der Waals surface area (Å²) in [7, 11) is 0. The van der Waals surface area contributed by atoms with Gasteiger partial charge in [0.25, 0.3) is 0 Å². The number of aryl methyl sites for hydroxylation is 1. The zero-order valence-corrected chi connectivity index (χ0v) is 10.1. The van der Waals surface area contributed by atoms with E-state index in [1.165, 1.54) is 0 Å². The fourth-order valence-corrected chi connectivity index (χ4v) is 2.98. The highest BCUT2D eigenvalue weighted by Gasteiger charge is 2.34. The Bertz CT molecular complexity index is 538. The van der Waals surface area contributed by atoms with Crippen LogP contribution in [0.4, 0.5) is 0 Å².